The molecule has 2 aliphatic rings. The second-order valence-electron chi connectivity index (χ2n) is 4.10. The molecule has 1 aliphatic carbocycles. The SMILES string of the molecule is CC1CC(=O)NCC12CCC2. The Hall–Kier alpha value is -0.530. The van der Waals surface area contributed by atoms with Gasteiger partial charge in [-0.05, 0) is 24.2 Å². The Balaban J connectivity index is 2.06. The molecule has 1 unspecified atom stereocenters. The van der Waals surface area contributed by atoms with Crippen molar-refractivity contribution in [1.82, 2.24) is 5.32 Å². The molecular formula is C9H15NO. The lowest BCUT2D eigenvalue weighted by molar-refractivity contribution is -0.129. The number of rotatable bonds is 0. The summed E-state index contributed by atoms with van der Waals surface area (Å²) < 4.78 is 0. The van der Waals surface area contributed by atoms with E-state index in [4.69, 9.17) is 0 Å². The van der Waals surface area contributed by atoms with Gasteiger partial charge >= 0.3 is 0 Å². The van der Waals surface area contributed by atoms with Crippen molar-refractivity contribution in [2.24, 2.45) is 11.3 Å². The van der Waals surface area contributed by atoms with Crippen LogP contribution in [0.2, 0.25) is 0 Å². The normalized spacial score (nSPS) is 34.6. The molecule has 0 aromatic carbocycles. The molecule has 0 radical (unpaired) electrons. The van der Waals surface area contributed by atoms with Crippen LogP contribution in [0.5, 0.6) is 0 Å². The van der Waals surface area contributed by atoms with E-state index in [1.54, 1.807) is 0 Å². The van der Waals surface area contributed by atoms with Crippen molar-refractivity contribution in [2.45, 2.75) is 32.6 Å². The molecule has 2 rings (SSSR count). The van der Waals surface area contributed by atoms with Gasteiger partial charge in [0, 0.05) is 13.0 Å². The van der Waals surface area contributed by atoms with Crippen molar-refractivity contribution in [3.63, 3.8) is 0 Å². The minimum Gasteiger partial charge on any atom is -0.356 e. The van der Waals surface area contributed by atoms with Crippen LogP contribution in [-0.2, 0) is 4.79 Å². The molecular weight excluding hydrogens is 138 g/mol. The van der Waals surface area contributed by atoms with Crippen molar-refractivity contribution in [1.29, 1.82) is 0 Å². The number of carbonyl (C=O) groups is 1. The van der Waals surface area contributed by atoms with Gasteiger partial charge in [-0.3, -0.25) is 4.79 Å². The third-order valence-corrected chi connectivity index (χ3v) is 3.52. The Morgan fingerprint density at radius 1 is 1.55 bits per heavy atom. The fourth-order valence-electron chi connectivity index (χ4n) is 2.32. The molecule has 1 amide bonds. The lowest BCUT2D eigenvalue weighted by Gasteiger charge is -2.49. The first-order valence-electron chi connectivity index (χ1n) is 4.50. The fourth-order valence-corrected chi connectivity index (χ4v) is 2.32. The molecule has 1 atom stereocenters. The standard InChI is InChI=1S/C9H15NO/c1-7-5-8(11)10-6-9(7)3-2-4-9/h7H,2-6H2,1H3,(H,10,11). The van der Waals surface area contributed by atoms with E-state index in [9.17, 15) is 4.79 Å². The Morgan fingerprint density at radius 3 is 2.73 bits per heavy atom. The molecule has 1 saturated heterocycles. The van der Waals surface area contributed by atoms with Crippen LogP contribution < -0.4 is 5.32 Å². The summed E-state index contributed by atoms with van der Waals surface area (Å²) in [6, 6.07) is 0. The number of carbonyl (C=O) groups excluding carboxylic acids is 1. The fraction of sp³-hybridized carbons (Fsp3) is 0.889. The van der Waals surface area contributed by atoms with Gasteiger partial charge in [-0.1, -0.05) is 13.3 Å². The molecule has 1 N–H and O–H groups in total. The number of nitrogens with one attached hydrogen (secondary N) is 1. The largest absolute Gasteiger partial charge is 0.356 e. The molecule has 2 heteroatoms. The van der Waals surface area contributed by atoms with Crippen molar-refractivity contribution in [3.05, 3.63) is 0 Å². The summed E-state index contributed by atoms with van der Waals surface area (Å²) in [5.74, 6) is 0.861. The topological polar surface area (TPSA) is 29.1 Å². The highest BCUT2D eigenvalue weighted by atomic mass is 16.1. The van der Waals surface area contributed by atoms with Gasteiger partial charge in [0.15, 0.2) is 0 Å². The van der Waals surface area contributed by atoms with Crippen LogP contribution in [0.1, 0.15) is 32.6 Å². The van der Waals surface area contributed by atoms with Gasteiger partial charge < -0.3 is 5.32 Å². The molecule has 11 heavy (non-hydrogen) atoms. The second kappa shape index (κ2) is 2.23. The summed E-state index contributed by atoms with van der Waals surface area (Å²) in [4.78, 5) is 11.0. The van der Waals surface area contributed by atoms with Gasteiger partial charge in [-0.2, -0.15) is 0 Å². The maximum atomic E-state index is 11.0. The van der Waals surface area contributed by atoms with E-state index in [1.807, 2.05) is 0 Å². The van der Waals surface area contributed by atoms with E-state index in [1.165, 1.54) is 19.3 Å². The van der Waals surface area contributed by atoms with E-state index in [0.717, 1.165) is 13.0 Å². The maximum Gasteiger partial charge on any atom is 0.220 e. The zero-order valence-electron chi connectivity index (χ0n) is 7.02. The Labute approximate surface area is 67.4 Å². The summed E-state index contributed by atoms with van der Waals surface area (Å²) in [5.41, 5.74) is 0.508. The second-order valence-corrected chi connectivity index (χ2v) is 4.10. The predicted octanol–water partition coefficient (Wildman–Crippen LogP) is 1.31. The van der Waals surface area contributed by atoms with E-state index in [-0.39, 0.29) is 5.91 Å². The number of hydrogen-bond donors (Lipinski definition) is 1. The van der Waals surface area contributed by atoms with Crippen LogP contribution in [0.3, 0.4) is 0 Å². The van der Waals surface area contributed by atoms with Crippen LogP contribution in [0.4, 0.5) is 0 Å². The van der Waals surface area contributed by atoms with Gasteiger partial charge in [0.25, 0.3) is 0 Å². The average Bonchev–Trinajstić information content (AvgIpc) is 1.84. The van der Waals surface area contributed by atoms with Crippen molar-refractivity contribution in [2.75, 3.05) is 6.54 Å². The Morgan fingerprint density at radius 2 is 2.27 bits per heavy atom. The zero-order chi connectivity index (χ0) is 7.90. The lowest BCUT2D eigenvalue weighted by Crippen LogP contribution is -2.51. The number of amides is 1. The first-order chi connectivity index (χ1) is 5.23. The summed E-state index contributed by atoms with van der Waals surface area (Å²) >= 11 is 0. The molecule has 62 valence electrons. The molecule has 1 spiro atoms. The van der Waals surface area contributed by atoms with Gasteiger partial charge in [-0.15, -0.1) is 0 Å². The van der Waals surface area contributed by atoms with Crippen molar-refractivity contribution >= 4 is 5.91 Å². The van der Waals surface area contributed by atoms with Gasteiger partial charge in [0.05, 0.1) is 0 Å². The third-order valence-electron chi connectivity index (χ3n) is 3.52. The summed E-state index contributed by atoms with van der Waals surface area (Å²) in [5, 5.41) is 2.97. The van der Waals surface area contributed by atoms with E-state index >= 15 is 0 Å². The average molecular weight is 153 g/mol. The molecule has 0 aromatic rings. The highest BCUT2D eigenvalue weighted by Crippen LogP contribution is 2.49. The van der Waals surface area contributed by atoms with Crippen LogP contribution in [0.25, 0.3) is 0 Å². The number of piperidine rings is 1. The molecule has 2 nitrogen and oxygen atoms in total. The minimum absolute atomic E-state index is 0.245. The van der Waals surface area contributed by atoms with E-state index in [0.29, 0.717) is 11.3 Å². The van der Waals surface area contributed by atoms with E-state index < -0.39 is 0 Å². The van der Waals surface area contributed by atoms with Crippen LogP contribution in [0, 0.1) is 11.3 Å². The molecule has 2 fully saturated rings. The molecule has 0 aromatic heterocycles. The molecule has 1 heterocycles. The van der Waals surface area contributed by atoms with Crippen LogP contribution in [-0.4, -0.2) is 12.5 Å². The quantitative estimate of drug-likeness (QED) is 0.558. The smallest absolute Gasteiger partial charge is 0.220 e. The Kier molecular flexibility index (Phi) is 1.44. The number of hydrogen-bond acceptors (Lipinski definition) is 1. The molecule has 1 saturated carbocycles. The van der Waals surface area contributed by atoms with Gasteiger partial charge in [-0.25, -0.2) is 0 Å². The minimum atomic E-state index is 0.245. The Bertz CT molecular complexity index is 184. The molecule has 0 bridgehead atoms. The van der Waals surface area contributed by atoms with Gasteiger partial charge in [0.2, 0.25) is 5.91 Å². The highest BCUT2D eigenvalue weighted by Gasteiger charge is 2.44. The first kappa shape index (κ1) is 7.14. The first-order valence-corrected chi connectivity index (χ1v) is 4.50. The summed E-state index contributed by atoms with van der Waals surface area (Å²) in [6.45, 7) is 3.16. The van der Waals surface area contributed by atoms with Gasteiger partial charge in [0.1, 0.15) is 0 Å². The van der Waals surface area contributed by atoms with E-state index in [2.05, 4.69) is 12.2 Å². The monoisotopic (exact) mass is 153 g/mol. The summed E-state index contributed by atoms with van der Waals surface area (Å²) in [6.07, 6.45) is 4.77. The zero-order valence-corrected chi connectivity index (χ0v) is 7.02. The maximum absolute atomic E-state index is 11.0. The van der Waals surface area contributed by atoms with Crippen LogP contribution >= 0.6 is 0 Å². The van der Waals surface area contributed by atoms with Crippen LogP contribution in [0.15, 0.2) is 0 Å². The highest BCUT2D eigenvalue weighted by molar-refractivity contribution is 5.77. The van der Waals surface area contributed by atoms with Crippen molar-refractivity contribution < 1.29 is 4.79 Å². The lowest BCUT2D eigenvalue weighted by atomic mass is 9.59. The summed E-state index contributed by atoms with van der Waals surface area (Å²) in [7, 11) is 0. The third kappa shape index (κ3) is 0.959. The molecule has 1 aliphatic heterocycles. The van der Waals surface area contributed by atoms with Crippen molar-refractivity contribution in [3.8, 4) is 0 Å². The predicted molar refractivity (Wildman–Crippen MR) is 43.1 cm³/mol.